The van der Waals surface area contributed by atoms with E-state index in [2.05, 4.69) is 15.5 Å². The maximum Gasteiger partial charge on any atom is 0.321 e. The average molecular weight is 340 g/mol. The number of thiophene rings is 1. The third-order valence-corrected chi connectivity index (χ3v) is 4.67. The highest BCUT2D eigenvalue weighted by molar-refractivity contribution is 7.09. The van der Waals surface area contributed by atoms with Crippen LogP contribution in [-0.4, -0.2) is 79.3 Å². The summed E-state index contributed by atoms with van der Waals surface area (Å²) in [6.07, 6.45) is 0.770. The summed E-state index contributed by atoms with van der Waals surface area (Å²) in [5.74, 6) is -0.283. The van der Waals surface area contributed by atoms with Gasteiger partial charge in [-0.25, -0.2) is 4.79 Å². The summed E-state index contributed by atoms with van der Waals surface area (Å²) in [7, 11) is 0. The van der Waals surface area contributed by atoms with Crippen molar-refractivity contribution in [3.63, 3.8) is 0 Å². The number of β-amino-alcohol motifs (C(OH)–C–C–N with tert-alkyl or cyclic N) is 1. The number of hydrogen-bond donors (Lipinski definition) is 3. The van der Waals surface area contributed by atoms with Crippen molar-refractivity contribution in [2.24, 2.45) is 0 Å². The first kappa shape index (κ1) is 17.9. The molecule has 0 bridgehead atoms. The summed E-state index contributed by atoms with van der Waals surface area (Å²) in [5, 5.41) is 16.0. The maximum absolute atomic E-state index is 11.9. The van der Waals surface area contributed by atoms with E-state index in [1.807, 2.05) is 22.4 Å². The molecule has 1 aliphatic rings. The molecule has 0 saturated carbocycles. The van der Waals surface area contributed by atoms with E-state index in [1.165, 1.54) is 4.88 Å². The van der Waals surface area contributed by atoms with Gasteiger partial charge in [0.25, 0.3) is 0 Å². The molecular formula is C15H24N4O3S. The fraction of sp³-hybridized carbons (Fsp3) is 0.600. The zero-order valence-electron chi connectivity index (χ0n) is 13.2. The largest absolute Gasteiger partial charge is 0.395 e. The standard InChI is InChI=1S/C15H24N4O3S/c20-10-9-18-5-7-19(8-6-18)12-14(21)17-15(22)16-4-3-13-2-1-11-23-13/h1-2,11,20H,3-10,12H2,(H2,16,17,21,22). The van der Waals surface area contributed by atoms with E-state index in [-0.39, 0.29) is 19.1 Å². The molecule has 0 aromatic carbocycles. The minimum atomic E-state index is -0.439. The van der Waals surface area contributed by atoms with Crippen LogP contribution in [0.4, 0.5) is 4.79 Å². The van der Waals surface area contributed by atoms with Crippen LogP contribution in [0.25, 0.3) is 0 Å². The Morgan fingerprint density at radius 1 is 1.22 bits per heavy atom. The Hall–Kier alpha value is -1.48. The topological polar surface area (TPSA) is 84.9 Å². The van der Waals surface area contributed by atoms with Gasteiger partial charge in [-0.3, -0.25) is 19.9 Å². The number of nitrogens with zero attached hydrogens (tertiary/aromatic N) is 2. The van der Waals surface area contributed by atoms with Crippen LogP contribution in [0.15, 0.2) is 17.5 Å². The van der Waals surface area contributed by atoms with Gasteiger partial charge in [0.1, 0.15) is 0 Å². The van der Waals surface area contributed by atoms with Gasteiger partial charge in [-0.15, -0.1) is 11.3 Å². The molecule has 1 aliphatic heterocycles. The molecule has 1 aromatic heterocycles. The molecule has 3 amide bonds. The van der Waals surface area contributed by atoms with E-state index in [0.717, 1.165) is 32.6 Å². The average Bonchev–Trinajstić information content (AvgIpc) is 3.03. The van der Waals surface area contributed by atoms with Crippen molar-refractivity contribution in [1.29, 1.82) is 0 Å². The van der Waals surface area contributed by atoms with E-state index in [9.17, 15) is 9.59 Å². The number of imide groups is 1. The van der Waals surface area contributed by atoms with Gasteiger partial charge >= 0.3 is 6.03 Å². The molecule has 2 heterocycles. The number of amides is 3. The molecule has 0 atom stereocenters. The van der Waals surface area contributed by atoms with Crippen molar-refractivity contribution in [1.82, 2.24) is 20.4 Å². The number of hydrogen-bond acceptors (Lipinski definition) is 6. The van der Waals surface area contributed by atoms with Crippen LogP contribution in [-0.2, 0) is 11.2 Å². The number of aliphatic hydroxyl groups excluding tert-OH is 1. The van der Waals surface area contributed by atoms with Crippen molar-refractivity contribution in [2.75, 3.05) is 52.4 Å². The van der Waals surface area contributed by atoms with E-state index in [1.54, 1.807) is 11.3 Å². The second-order valence-corrected chi connectivity index (χ2v) is 6.51. The molecule has 23 heavy (non-hydrogen) atoms. The lowest BCUT2D eigenvalue weighted by Crippen LogP contribution is -2.51. The lowest BCUT2D eigenvalue weighted by molar-refractivity contribution is -0.121. The Morgan fingerprint density at radius 2 is 1.96 bits per heavy atom. The molecule has 0 unspecified atom stereocenters. The third-order valence-electron chi connectivity index (χ3n) is 3.74. The fourth-order valence-corrected chi connectivity index (χ4v) is 3.19. The van der Waals surface area contributed by atoms with Gasteiger partial charge in [0.15, 0.2) is 0 Å². The van der Waals surface area contributed by atoms with Crippen LogP contribution in [0.3, 0.4) is 0 Å². The number of piperazine rings is 1. The molecule has 7 nitrogen and oxygen atoms in total. The highest BCUT2D eigenvalue weighted by atomic mass is 32.1. The van der Waals surface area contributed by atoms with Crippen LogP contribution in [0.5, 0.6) is 0 Å². The number of carbonyl (C=O) groups is 2. The molecule has 0 radical (unpaired) electrons. The lowest BCUT2D eigenvalue weighted by Gasteiger charge is -2.33. The summed E-state index contributed by atoms with van der Waals surface area (Å²) < 4.78 is 0. The minimum Gasteiger partial charge on any atom is -0.395 e. The van der Waals surface area contributed by atoms with E-state index < -0.39 is 6.03 Å². The van der Waals surface area contributed by atoms with Gasteiger partial charge < -0.3 is 10.4 Å². The molecule has 8 heteroatoms. The molecule has 0 aliphatic carbocycles. The monoisotopic (exact) mass is 340 g/mol. The maximum atomic E-state index is 11.9. The first-order valence-electron chi connectivity index (χ1n) is 7.83. The van der Waals surface area contributed by atoms with E-state index in [0.29, 0.717) is 13.1 Å². The van der Waals surface area contributed by atoms with Crippen LogP contribution >= 0.6 is 11.3 Å². The third kappa shape index (κ3) is 6.66. The highest BCUT2D eigenvalue weighted by Gasteiger charge is 2.19. The second kappa shape index (κ2) is 9.61. The van der Waals surface area contributed by atoms with Gasteiger partial charge in [0, 0.05) is 44.1 Å². The zero-order valence-corrected chi connectivity index (χ0v) is 14.0. The van der Waals surface area contributed by atoms with Crippen molar-refractivity contribution in [3.8, 4) is 0 Å². The molecule has 0 spiro atoms. The summed E-state index contributed by atoms with van der Waals surface area (Å²) in [6.45, 7) is 4.78. The van der Waals surface area contributed by atoms with Crippen molar-refractivity contribution in [3.05, 3.63) is 22.4 Å². The normalized spacial score (nSPS) is 16.2. The van der Waals surface area contributed by atoms with Crippen molar-refractivity contribution >= 4 is 23.3 Å². The zero-order chi connectivity index (χ0) is 16.5. The molecular weight excluding hydrogens is 316 g/mol. The summed E-state index contributed by atoms with van der Waals surface area (Å²) in [4.78, 5) is 28.9. The van der Waals surface area contributed by atoms with Gasteiger partial charge in [0.2, 0.25) is 5.91 Å². The summed E-state index contributed by atoms with van der Waals surface area (Å²) in [6, 6.07) is 3.56. The number of rotatable bonds is 7. The first-order valence-corrected chi connectivity index (χ1v) is 8.71. The Bertz CT molecular complexity index is 487. The van der Waals surface area contributed by atoms with Crippen LogP contribution in [0.1, 0.15) is 4.88 Å². The van der Waals surface area contributed by atoms with Crippen molar-refractivity contribution in [2.45, 2.75) is 6.42 Å². The molecule has 3 N–H and O–H groups in total. The Balaban J connectivity index is 1.58. The SMILES string of the molecule is O=C(CN1CCN(CCO)CC1)NC(=O)NCCc1cccs1. The van der Waals surface area contributed by atoms with Crippen LogP contribution in [0, 0.1) is 0 Å². The molecule has 2 rings (SSSR count). The molecule has 128 valence electrons. The van der Waals surface area contributed by atoms with E-state index in [4.69, 9.17) is 5.11 Å². The van der Waals surface area contributed by atoms with Crippen LogP contribution < -0.4 is 10.6 Å². The lowest BCUT2D eigenvalue weighted by atomic mass is 10.3. The van der Waals surface area contributed by atoms with Crippen LogP contribution in [0.2, 0.25) is 0 Å². The van der Waals surface area contributed by atoms with Gasteiger partial charge in [-0.05, 0) is 17.9 Å². The van der Waals surface area contributed by atoms with Gasteiger partial charge in [-0.2, -0.15) is 0 Å². The Morgan fingerprint density at radius 3 is 2.61 bits per heavy atom. The predicted molar refractivity (Wildman–Crippen MR) is 89.5 cm³/mol. The quantitative estimate of drug-likeness (QED) is 0.636. The van der Waals surface area contributed by atoms with Crippen molar-refractivity contribution < 1.29 is 14.7 Å². The highest BCUT2D eigenvalue weighted by Crippen LogP contribution is 2.07. The molecule has 1 saturated heterocycles. The molecule has 1 fully saturated rings. The minimum absolute atomic E-state index is 0.159. The number of nitrogens with one attached hydrogen (secondary N) is 2. The fourth-order valence-electron chi connectivity index (χ4n) is 2.48. The van der Waals surface area contributed by atoms with Gasteiger partial charge in [-0.1, -0.05) is 6.07 Å². The molecule has 1 aromatic rings. The number of urea groups is 1. The Labute approximate surface area is 140 Å². The van der Waals surface area contributed by atoms with E-state index >= 15 is 0 Å². The number of aliphatic hydroxyl groups is 1. The number of carbonyl (C=O) groups excluding carboxylic acids is 2. The summed E-state index contributed by atoms with van der Waals surface area (Å²) in [5.41, 5.74) is 0. The summed E-state index contributed by atoms with van der Waals surface area (Å²) >= 11 is 1.65. The first-order chi connectivity index (χ1) is 11.2. The smallest absolute Gasteiger partial charge is 0.321 e. The Kier molecular flexibility index (Phi) is 7.47. The second-order valence-electron chi connectivity index (χ2n) is 5.47. The predicted octanol–water partition coefficient (Wildman–Crippen LogP) is -0.274. The van der Waals surface area contributed by atoms with Gasteiger partial charge in [0.05, 0.1) is 13.2 Å².